The molecule has 0 atom stereocenters. The van der Waals surface area contributed by atoms with Crippen LogP contribution in [0, 0.1) is 21.7 Å². The quantitative estimate of drug-likeness (QED) is 0.349. The third kappa shape index (κ3) is 4.85. The van der Waals surface area contributed by atoms with Crippen molar-refractivity contribution in [2.75, 3.05) is 18.4 Å². The van der Waals surface area contributed by atoms with Gasteiger partial charge in [-0.1, -0.05) is 30.7 Å². The summed E-state index contributed by atoms with van der Waals surface area (Å²) in [7, 11) is 0. The minimum Gasteiger partial charge on any atom is -0.337 e. The van der Waals surface area contributed by atoms with Crippen LogP contribution < -0.4 is 5.32 Å². The Labute approximate surface area is 217 Å². The minimum absolute atomic E-state index is 0.0299. The SMILES string of the molecule is O=C(c1ncc(F)cc1F)N1CCC(c2ccc(NC(=O)C3(c4cccc([N+](=O)[O-])c4)CCC3)cc2)CC1. The Kier molecular flexibility index (Phi) is 6.88. The van der Waals surface area contributed by atoms with Crippen molar-refractivity contribution in [2.24, 2.45) is 0 Å². The largest absolute Gasteiger partial charge is 0.337 e. The van der Waals surface area contributed by atoms with Gasteiger partial charge >= 0.3 is 0 Å². The van der Waals surface area contributed by atoms with Gasteiger partial charge in [-0.15, -0.1) is 0 Å². The first-order chi connectivity index (χ1) is 18.3. The highest BCUT2D eigenvalue weighted by atomic mass is 19.1. The van der Waals surface area contributed by atoms with E-state index in [0.717, 1.165) is 18.2 Å². The molecule has 1 aliphatic heterocycles. The lowest BCUT2D eigenvalue weighted by Crippen LogP contribution is -2.46. The number of pyridine rings is 1. The van der Waals surface area contributed by atoms with E-state index >= 15 is 0 Å². The first kappa shape index (κ1) is 25.4. The van der Waals surface area contributed by atoms with E-state index in [1.807, 2.05) is 24.3 Å². The van der Waals surface area contributed by atoms with E-state index in [1.165, 1.54) is 17.0 Å². The van der Waals surface area contributed by atoms with E-state index in [9.17, 15) is 28.5 Å². The number of hydrogen-bond donors (Lipinski definition) is 1. The summed E-state index contributed by atoms with van der Waals surface area (Å²) in [6.45, 7) is 0.846. The van der Waals surface area contributed by atoms with Gasteiger partial charge in [0.2, 0.25) is 5.91 Å². The van der Waals surface area contributed by atoms with Gasteiger partial charge in [-0.2, -0.15) is 0 Å². The van der Waals surface area contributed by atoms with E-state index in [4.69, 9.17) is 0 Å². The summed E-state index contributed by atoms with van der Waals surface area (Å²) in [5, 5.41) is 14.2. The van der Waals surface area contributed by atoms with Gasteiger partial charge in [0.15, 0.2) is 11.5 Å². The van der Waals surface area contributed by atoms with E-state index in [2.05, 4.69) is 10.3 Å². The number of aromatic nitrogens is 1. The molecular formula is C28H26F2N4O4. The highest BCUT2D eigenvalue weighted by Crippen LogP contribution is 2.45. The van der Waals surface area contributed by atoms with Crippen molar-refractivity contribution in [3.05, 3.63) is 99.4 Å². The molecule has 1 N–H and O–H groups in total. The maximum Gasteiger partial charge on any atom is 0.275 e. The molecule has 2 aromatic carbocycles. The first-order valence-electron chi connectivity index (χ1n) is 12.5. The van der Waals surface area contributed by atoms with Crippen molar-refractivity contribution >= 4 is 23.2 Å². The van der Waals surface area contributed by atoms with Crippen LogP contribution in [0.4, 0.5) is 20.2 Å². The zero-order valence-electron chi connectivity index (χ0n) is 20.5. The Bertz CT molecular complexity index is 1380. The summed E-state index contributed by atoms with van der Waals surface area (Å²) < 4.78 is 27.1. The van der Waals surface area contributed by atoms with Crippen molar-refractivity contribution in [3.8, 4) is 0 Å². The smallest absolute Gasteiger partial charge is 0.275 e. The highest BCUT2D eigenvalue weighted by molar-refractivity contribution is 6.00. The Morgan fingerprint density at radius 1 is 1.05 bits per heavy atom. The number of hydrogen-bond acceptors (Lipinski definition) is 5. The summed E-state index contributed by atoms with van der Waals surface area (Å²) in [6, 6.07) is 14.5. The molecule has 3 aromatic rings. The standard InChI is InChI=1S/C28H26F2N4O4/c29-21-16-24(30)25(31-17-21)26(35)33-13-9-19(10-14-33)18-5-7-22(8-6-18)32-27(36)28(11-2-12-28)20-3-1-4-23(15-20)34(37)38/h1,3-8,15-17,19H,2,9-14H2,(H,32,36). The number of likely N-dealkylation sites (tertiary alicyclic amines) is 1. The zero-order chi connectivity index (χ0) is 26.9. The van der Waals surface area contributed by atoms with Gasteiger partial charge in [0.1, 0.15) is 5.82 Å². The fraction of sp³-hybridized carbons (Fsp3) is 0.321. The normalized spacial score (nSPS) is 16.9. The van der Waals surface area contributed by atoms with E-state index in [-0.39, 0.29) is 23.2 Å². The molecule has 0 radical (unpaired) electrons. The molecule has 10 heteroatoms. The van der Waals surface area contributed by atoms with E-state index in [0.29, 0.717) is 56.1 Å². The number of carbonyl (C=O) groups excluding carboxylic acids is 2. The summed E-state index contributed by atoms with van der Waals surface area (Å²) in [5.41, 5.74) is 1.18. The van der Waals surface area contributed by atoms with Crippen molar-refractivity contribution in [1.29, 1.82) is 0 Å². The molecule has 2 fully saturated rings. The third-order valence-corrected chi connectivity index (χ3v) is 7.68. The molecule has 38 heavy (non-hydrogen) atoms. The zero-order valence-corrected chi connectivity index (χ0v) is 20.5. The second-order valence-electron chi connectivity index (χ2n) is 9.87. The minimum atomic E-state index is -0.969. The third-order valence-electron chi connectivity index (χ3n) is 7.68. The second-order valence-corrected chi connectivity index (χ2v) is 9.87. The number of non-ortho nitro benzene ring substituents is 1. The summed E-state index contributed by atoms with van der Waals surface area (Å²) in [5.74, 6) is -2.33. The number of amides is 2. The number of nitro groups is 1. The summed E-state index contributed by atoms with van der Waals surface area (Å²) >= 11 is 0. The number of nitrogens with one attached hydrogen (secondary N) is 1. The fourth-order valence-corrected chi connectivity index (χ4v) is 5.32. The highest BCUT2D eigenvalue weighted by Gasteiger charge is 2.46. The van der Waals surface area contributed by atoms with Gasteiger partial charge in [-0.25, -0.2) is 13.8 Å². The van der Waals surface area contributed by atoms with Crippen LogP contribution in [-0.2, 0) is 10.2 Å². The molecule has 1 saturated carbocycles. The number of nitrogens with zero attached hydrogens (tertiary/aromatic N) is 3. The molecule has 0 spiro atoms. The topological polar surface area (TPSA) is 105 Å². The number of carbonyl (C=O) groups is 2. The molecular weight excluding hydrogens is 494 g/mol. The molecule has 1 aromatic heterocycles. The molecule has 2 aliphatic rings. The predicted molar refractivity (Wildman–Crippen MR) is 136 cm³/mol. The lowest BCUT2D eigenvalue weighted by molar-refractivity contribution is -0.385. The number of rotatable bonds is 6. The summed E-state index contributed by atoms with van der Waals surface area (Å²) in [6.07, 6.45) is 4.33. The molecule has 8 nitrogen and oxygen atoms in total. The average molecular weight is 521 g/mol. The Balaban J connectivity index is 1.21. The number of halogens is 2. The van der Waals surface area contributed by atoms with Crippen molar-refractivity contribution in [1.82, 2.24) is 9.88 Å². The molecule has 196 valence electrons. The first-order valence-corrected chi connectivity index (χ1v) is 12.5. The molecule has 2 amide bonds. The van der Waals surface area contributed by atoms with Crippen LogP contribution in [0.1, 0.15) is 59.6 Å². The lowest BCUT2D eigenvalue weighted by atomic mass is 9.63. The number of anilines is 1. The van der Waals surface area contributed by atoms with Crippen LogP contribution >= 0.6 is 0 Å². The van der Waals surface area contributed by atoms with Crippen LogP contribution in [0.25, 0.3) is 0 Å². The van der Waals surface area contributed by atoms with Crippen LogP contribution in [0.2, 0.25) is 0 Å². The lowest BCUT2D eigenvalue weighted by Gasteiger charge is -2.40. The van der Waals surface area contributed by atoms with E-state index in [1.54, 1.807) is 12.1 Å². The van der Waals surface area contributed by atoms with Gasteiger partial charge in [0.05, 0.1) is 16.5 Å². The van der Waals surface area contributed by atoms with Crippen molar-refractivity contribution in [2.45, 2.75) is 43.4 Å². The van der Waals surface area contributed by atoms with Gasteiger partial charge in [0.25, 0.3) is 11.6 Å². The number of benzene rings is 2. The Hall–Kier alpha value is -4.21. The van der Waals surface area contributed by atoms with Crippen molar-refractivity contribution < 1.29 is 23.3 Å². The number of nitro benzene ring substituents is 1. The van der Waals surface area contributed by atoms with Crippen LogP contribution in [0.3, 0.4) is 0 Å². The Morgan fingerprint density at radius 3 is 2.37 bits per heavy atom. The van der Waals surface area contributed by atoms with Crippen LogP contribution in [0.5, 0.6) is 0 Å². The van der Waals surface area contributed by atoms with Crippen LogP contribution in [-0.4, -0.2) is 39.7 Å². The molecule has 1 aliphatic carbocycles. The maximum absolute atomic E-state index is 14.0. The predicted octanol–water partition coefficient (Wildman–Crippen LogP) is 5.35. The number of piperidine rings is 1. The fourth-order valence-electron chi connectivity index (χ4n) is 5.32. The molecule has 1 saturated heterocycles. The summed E-state index contributed by atoms with van der Waals surface area (Å²) in [4.78, 5) is 41.8. The molecule has 0 bridgehead atoms. The van der Waals surface area contributed by atoms with Crippen molar-refractivity contribution in [3.63, 3.8) is 0 Å². The van der Waals surface area contributed by atoms with Gasteiger partial charge in [-0.3, -0.25) is 19.7 Å². The monoisotopic (exact) mass is 520 g/mol. The molecule has 2 heterocycles. The van der Waals surface area contributed by atoms with Crippen LogP contribution in [0.15, 0.2) is 60.8 Å². The maximum atomic E-state index is 14.0. The second kappa shape index (κ2) is 10.3. The van der Waals surface area contributed by atoms with Gasteiger partial charge in [-0.05, 0) is 54.9 Å². The molecule has 0 unspecified atom stereocenters. The Morgan fingerprint density at radius 2 is 1.76 bits per heavy atom. The van der Waals surface area contributed by atoms with E-state index < -0.39 is 27.9 Å². The van der Waals surface area contributed by atoms with Gasteiger partial charge < -0.3 is 10.2 Å². The van der Waals surface area contributed by atoms with Gasteiger partial charge in [0, 0.05) is 37.0 Å². The average Bonchev–Trinajstić information content (AvgIpc) is 2.88. The molecule has 5 rings (SSSR count).